The van der Waals surface area contributed by atoms with E-state index in [1.165, 1.54) is 6.42 Å². The van der Waals surface area contributed by atoms with Gasteiger partial charge in [-0.1, -0.05) is 23.2 Å². The third-order valence-corrected chi connectivity index (χ3v) is 8.41. The van der Waals surface area contributed by atoms with E-state index in [9.17, 15) is 0 Å². The Morgan fingerprint density at radius 3 is 2.34 bits per heavy atom. The van der Waals surface area contributed by atoms with Crippen LogP contribution in [0.2, 0.25) is 10.3 Å². The fraction of sp³-hybridized carbons (Fsp3) is 0.538. The molecule has 0 radical (unpaired) electrons. The average molecular weight is 558 g/mol. The second-order valence-electron chi connectivity index (χ2n) is 10.7. The van der Waals surface area contributed by atoms with E-state index < -0.39 is 0 Å². The predicted octanol–water partition coefficient (Wildman–Crippen LogP) is 4.10. The second-order valence-corrected chi connectivity index (χ2v) is 11.4. The molecule has 4 aromatic rings. The Bertz CT molecular complexity index is 1430. The molecule has 0 aliphatic carbocycles. The van der Waals surface area contributed by atoms with Crippen molar-refractivity contribution in [2.75, 3.05) is 50.4 Å². The number of aromatic nitrogens is 6. The van der Waals surface area contributed by atoms with E-state index in [0.29, 0.717) is 16.3 Å². The Labute approximate surface area is 232 Å². The van der Waals surface area contributed by atoms with E-state index >= 15 is 0 Å². The van der Waals surface area contributed by atoms with Crippen LogP contribution in [0.4, 0.5) is 11.6 Å². The van der Waals surface area contributed by atoms with E-state index in [2.05, 4.69) is 64.7 Å². The van der Waals surface area contributed by atoms with Crippen molar-refractivity contribution in [3.05, 3.63) is 34.8 Å². The van der Waals surface area contributed by atoms with Crippen LogP contribution in [0.5, 0.6) is 0 Å². The second kappa shape index (κ2) is 10.8. The largest absolute Gasteiger partial charge is 0.364 e. The lowest BCUT2D eigenvalue weighted by molar-refractivity contribution is 0.209. The van der Waals surface area contributed by atoms with Gasteiger partial charge in [0.15, 0.2) is 21.9 Å². The summed E-state index contributed by atoms with van der Waals surface area (Å²) in [5.41, 5.74) is 1.93. The minimum absolute atomic E-state index is 0.289. The van der Waals surface area contributed by atoms with E-state index in [1.54, 1.807) is 0 Å². The molecular weight excluding hydrogens is 523 g/mol. The molecule has 2 aliphatic rings. The molecule has 0 unspecified atom stereocenters. The first-order valence-electron chi connectivity index (χ1n) is 13.4. The number of hydrogen-bond acceptors (Lipinski definition) is 8. The van der Waals surface area contributed by atoms with Gasteiger partial charge >= 0.3 is 0 Å². The molecule has 6 heterocycles. The molecule has 2 atom stereocenters. The number of fused-ring (bicyclic) bond motifs is 2. The molecule has 2 fully saturated rings. The monoisotopic (exact) mass is 556 g/mol. The van der Waals surface area contributed by atoms with E-state index in [1.807, 2.05) is 23.9 Å². The summed E-state index contributed by atoms with van der Waals surface area (Å²) in [6.07, 6.45) is 8.63. The van der Waals surface area contributed by atoms with Gasteiger partial charge in [-0.15, -0.1) is 20.4 Å². The van der Waals surface area contributed by atoms with Crippen molar-refractivity contribution in [1.29, 1.82) is 0 Å². The molecule has 4 aromatic heterocycles. The van der Waals surface area contributed by atoms with Gasteiger partial charge < -0.3 is 24.7 Å². The number of halogens is 2. The maximum absolute atomic E-state index is 6.56. The third-order valence-electron chi connectivity index (χ3n) is 7.88. The molecule has 202 valence electrons. The number of aryl methyl sites for hydroxylation is 1. The zero-order valence-electron chi connectivity index (χ0n) is 21.9. The molecule has 0 bridgehead atoms. The standard InChI is InChI=1S/C26H34Cl2N10/c1-35-9-3-5-17(15-35)29-25-20-8-12-38(21(20)24(28)32-33-25)14-13-37-10-4-6-18(16-37)30-26-22-19(7-11-36(22)2)23(27)31-34-26/h7-8,11-12,17-18H,3-6,9-10,13-16H2,1-2H3,(H,29,33)(H,30,34)/t17-,18-/m1/s1. The number of likely N-dealkylation sites (tertiary alicyclic amines) is 2. The Morgan fingerprint density at radius 1 is 0.789 bits per heavy atom. The lowest BCUT2D eigenvalue weighted by Crippen LogP contribution is -2.43. The van der Waals surface area contributed by atoms with E-state index in [-0.39, 0.29) is 6.04 Å². The fourth-order valence-electron chi connectivity index (χ4n) is 5.96. The molecule has 0 amide bonds. The quantitative estimate of drug-likeness (QED) is 0.351. The SMILES string of the molecule is CN1CCC[C@@H](Nc2nnc(Cl)c3c2ccn3CCN2CCC[C@@H](Nc3nnc(Cl)c4ccn(C)c34)C2)C1. The Morgan fingerprint density at radius 2 is 1.50 bits per heavy atom. The van der Waals surface area contributed by atoms with Crippen molar-refractivity contribution in [3.63, 3.8) is 0 Å². The van der Waals surface area contributed by atoms with E-state index in [4.69, 9.17) is 23.2 Å². The Hall–Kier alpha value is -2.66. The molecule has 10 nitrogen and oxygen atoms in total. The highest BCUT2D eigenvalue weighted by atomic mass is 35.5. The first kappa shape index (κ1) is 25.6. The van der Waals surface area contributed by atoms with Crippen LogP contribution < -0.4 is 10.6 Å². The summed E-state index contributed by atoms with van der Waals surface area (Å²) < 4.78 is 4.25. The van der Waals surface area contributed by atoms with Gasteiger partial charge in [-0.2, -0.15) is 0 Å². The fourth-order valence-corrected chi connectivity index (χ4v) is 6.40. The van der Waals surface area contributed by atoms with Crippen LogP contribution in [0.3, 0.4) is 0 Å². The first-order valence-corrected chi connectivity index (χ1v) is 14.1. The third kappa shape index (κ3) is 5.14. The average Bonchev–Trinajstić information content (AvgIpc) is 3.52. The topological polar surface area (TPSA) is 92.0 Å². The number of anilines is 2. The van der Waals surface area contributed by atoms with Crippen molar-refractivity contribution < 1.29 is 0 Å². The van der Waals surface area contributed by atoms with Crippen molar-refractivity contribution in [2.24, 2.45) is 7.05 Å². The van der Waals surface area contributed by atoms with Crippen LogP contribution in [0.25, 0.3) is 21.8 Å². The molecule has 0 spiro atoms. The van der Waals surface area contributed by atoms with Crippen LogP contribution in [0, 0.1) is 0 Å². The summed E-state index contributed by atoms with van der Waals surface area (Å²) in [6, 6.07) is 4.75. The van der Waals surface area contributed by atoms with Gasteiger partial charge in [0.25, 0.3) is 0 Å². The van der Waals surface area contributed by atoms with Gasteiger partial charge in [0.1, 0.15) is 0 Å². The summed E-state index contributed by atoms with van der Waals surface area (Å²) in [6.45, 7) is 5.91. The van der Waals surface area contributed by atoms with Crippen molar-refractivity contribution in [1.82, 2.24) is 39.3 Å². The number of likely N-dealkylation sites (N-methyl/N-ethyl adjacent to an activating group) is 1. The molecule has 38 heavy (non-hydrogen) atoms. The van der Waals surface area contributed by atoms with Crippen molar-refractivity contribution in [3.8, 4) is 0 Å². The first-order chi connectivity index (χ1) is 18.5. The highest BCUT2D eigenvalue weighted by Crippen LogP contribution is 2.30. The lowest BCUT2D eigenvalue weighted by Gasteiger charge is -2.33. The van der Waals surface area contributed by atoms with Crippen LogP contribution in [0.1, 0.15) is 25.7 Å². The van der Waals surface area contributed by atoms with Crippen molar-refractivity contribution >= 4 is 56.6 Å². The minimum atomic E-state index is 0.289. The van der Waals surface area contributed by atoms with Crippen LogP contribution >= 0.6 is 23.2 Å². The number of nitrogens with one attached hydrogen (secondary N) is 2. The summed E-state index contributed by atoms with van der Waals surface area (Å²) >= 11 is 12.8. The normalized spacial score (nSPS) is 21.4. The van der Waals surface area contributed by atoms with Gasteiger partial charge in [-0.05, 0) is 58.0 Å². The van der Waals surface area contributed by atoms with E-state index in [0.717, 1.165) is 92.0 Å². The molecule has 0 saturated carbocycles. The van der Waals surface area contributed by atoms with Gasteiger partial charge in [0, 0.05) is 68.5 Å². The molecule has 2 aliphatic heterocycles. The number of rotatable bonds is 7. The van der Waals surface area contributed by atoms with Crippen molar-refractivity contribution in [2.45, 2.75) is 44.3 Å². The summed E-state index contributed by atoms with van der Waals surface area (Å²) in [4.78, 5) is 4.85. The summed E-state index contributed by atoms with van der Waals surface area (Å²) in [7, 11) is 4.17. The van der Waals surface area contributed by atoms with Gasteiger partial charge in [0.2, 0.25) is 0 Å². The molecule has 6 rings (SSSR count). The Kier molecular flexibility index (Phi) is 7.31. The van der Waals surface area contributed by atoms with Gasteiger partial charge in [0.05, 0.1) is 11.0 Å². The summed E-state index contributed by atoms with van der Waals surface area (Å²) in [5.74, 6) is 1.61. The summed E-state index contributed by atoms with van der Waals surface area (Å²) in [5, 5.41) is 27.3. The smallest absolute Gasteiger partial charge is 0.176 e. The molecule has 2 saturated heterocycles. The zero-order valence-corrected chi connectivity index (χ0v) is 23.4. The Balaban J connectivity index is 1.12. The number of nitrogens with zero attached hydrogens (tertiary/aromatic N) is 8. The van der Waals surface area contributed by atoms with Crippen LogP contribution in [-0.2, 0) is 13.6 Å². The van der Waals surface area contributed by atoms with Crippen LogP contribution in [0.15, 0.2) is 24.5 Å². The maximum atomic E-state index is 6.56. The lowest BCUT2D eigenvalue weighted by atomic mass is 10.1. The predicted molar refractivity (Wildman–Crippen MR) is 153 cm³/mol. The van der Waals surface area contributed by atoms with Gasteiger partial charge in [-0.3, -0.25) is 4.90 Å². The van der Waals surface area contributed by atoms with Gasteiger partial charge in [-0.25, -0.2) is 0 Å². The molecule has 2 N–H and O–H groups in total. The number of piperidine rings is 2. The zero-order chi connectivity index (χ0) is 26.2. The number of hydrogen-bond donors (Lipinski definition) is 2. The highest BCUT2D eigenvalue weighted by molar-refractivity contribution is 6.34. The minimum Gasteiger partial charge on any atom is -0.364 e. The highest BCUT2D eigenvalue weighted by Gasteiger charge is 2.23. The molecule has 12 heteroatoms. The maximum Gasteiger partial charge on any atom is 0.176 e. The van der Waals surface area contributed by atoms with Crippen LogP contribution in [-0.4, -0.2) is 91.2 Å². The molecule has 0 aromatic carbocycles. The molecular formula is C26H34Cl2N10.